The zero-order chi connectivity index (χ0) is 14.9. The van der Waals surface area contributed by atoms with Crippen LogP contribution in [0.15, 0.2) is 6.33 Å². The molecule has 2 rings (SSSR count). The third-order valence-electron chi connectivity index (χ3n) is 2.94. The number of nitrogens with one attached hydrogen (secondary N) is 1. The average molecular weight is 279 g/mol. The molecule has 1 N–H and O–H groups in total. The fraction of sp³-hybridized carbons (Fsp3) is 0.545. The summed E-state index contributed by atoms with van der Waals surface area (Å²) in [5, 5.41) is 26.2. The molecule has 0 amide bonds. The first kappa shape index (κ1) is 14.0. The molecule has 108 valence electrons. The molecule has 0 atom stereocenters. The Morgan fingerprint density at radius 2 is 2.20 bits per heavy atom. The first-order chi connectivity index (χ1) is 9.41. The van der Waals surface area contributed by atoms with Crippen LogP contribution in [0.4, 0.5) is 11.5 Å². The highest BCUT2D eigenvalue weighted by Gasteiger charge is 2.26. The Kier molecular flexibility index (Phi) is 3.68. The molecule has 20 heavy (non-hydrogen) atoms. The summed E-state index contributed by atoms with van der Waals surface area (Å²) in [7, 11) is 1.82. The van der Waals surface area contributed by atoms with Gasteiger partial charge >= 0.3 is 5.69 Å². The van der Waals surface area contributed by atoms with Gasteiger partial charge in [0, 0.05) is 13.1 Å². The second kappa shape index (κ2) is 5.27. The van der Waals surface area contributed by atoms with Gasteiger partial charge in [0.2, 0.25) is 5.82 Å². The third kappa shape index (κ3) is 2.46. The molecule has 0 aliphatic rings. The largest absolute Gasteiger partial charge is 0.357 e. The zero-order valence-corrected chi connectivity index (χ0v) is 11.9. The molecule has 0 spiro atoms. The molecule has 0 fully saturated rings. The van der Waals surface area contributed by atoms with E-state index >= 15 is 0 Å². The second-order valence-corrected chi connectivity index (χ2v) is 4.79. The summed E-state index contributed by atoms with van der Waals surface area (Å²) in [6, 6.07) is 0.0180. The predicted octanol–water partition coefficient (Wildman–Crippen LogP) is 1.42. The summed E-state index contributed by atoms with van der Waals surface area (Å²) in [5.41, 5.74) is 0.394. The first-order valence-corrected chi connectivity index (χ1v) is 6.22. The van der Waals surface area contributed by atoms with Gasteiger partial charge in [0.1, 0.15) is 12.0 Å². The maximum absolute atomic E-state index is 11.2. The van der Waals surface area contributed by atoms with Gasteiger partial charge in [-0.3, -0.25) is 10.1 Å². The maximum atomic E-state index is 11.2. The van der Waals surface area contributed by atoms with E-state index in [1.807, 2.05) is 20.9 Å². The SMILES string of the molecule is Cc1nn(C(C)C)c(NCc2nncn2C)c1[N+](=O)[O-]. The Hall–Kier alpha value is -2.45. The minimum absolute atomic E-state index is 0.000804. The lowest BCUT2D eigenvalue weighted by Gasteiger charge is -2.11. The van der Waals surface area contributed by atoms with Gasteiger partial charge in [-0.1, -0.05) is 0 Å². The van der Waals surface area contributed by atoms with Gasteiger partial charge in [-0.2, -0.15) is 5.10 Å². The Balaban J connectivity index is 2.34. The van der Waals surface area contributed by atoms with Crippen LogP contribution in [-0.2, 0) is 13.6 Å². The van der Waals surface area contributed by atoms with Gasteiger partial charge in [-0.05, 0) is 20.8 Å². The van der Waals surface area contributed by atoms with E-state index in [0.717, 1.165) is 0 Å². The van der Waals surface area contributed by atoms with Crippen LogP contribution in [-0.4, -0.2) is 29.5 Å². The van der Waals surface area contributed by atoms with Crippen molar-refractivity contribution in [2.24, 2.45) is 7.05 Å². The number of aromatic nitrogens is 5. The zero-order valence-electron chi connectivity index (χ0n) is 11.9. The molecule has 0 bridgehead atoms. The Morgan fingerprint density at radius 1 is 1.50 bits per heavy atom. The van der Waals surface area contributed by atoms with Crippen LogP contribution in [0.5, 0.6) is 0 Å². The third-order valence-corrected chi connectivity index (χ3v) is 2.94. The topological polar surface area (TPSA) is 104 Å². The summed E-state index contributed by atoms with van der Waals surface area (Å²) in [6.07, 6.45) is 1.58. The summed E-state index contributed by atoms with van der Waals surface area (Å²) in [5.74, 6) is 1.08. The molecule has 2 aromatic heterocycles. The lowest BCUT2D eigenvalue weighted by atomic mass is 10.3. The lowest BCUT2D eigenvalue weighted by Crippen LogP contribution is -2.13. The minimum Gasteiger partial charge on any atom is -0.357 e. The second-order valence-electron chi connectivity index (χ2n) is 4.79. The molecule has 9 nitrogen and oxygen atoms in total. The molecule has 0 radical (unpaired) electrons. The quantitative estimate of drug-likeness (QED) is 0.655. The number of anilines is 1. The van der Waals surface area contributed by atoms with Crippen molar-refractivity contribution in [2.75, 3.05) is 5.32 Å². The van der Waals surface area contributed by atoms with E-state index in [-0.39, 0.29) is 11.7 Å². The molecule has 0 aliphatic heterocycles. The van der Waals surface area contributed by atoms with Gasteiger partial charge in [-0.15, -0.1) is 10.2 Å². The number of nitrogens with zero attached hydrogens (tertiary/aromatic N) is 6. The van der Waals surface area contributed by atoms with Crippen molar-refractivity contribution in [1.29, 1.82) is 0 Å². The van der Waals surface area contributed by atoms with E-state index in [1.54, 1.807) is 22.5 Å². The smallest absolute Gasteiger partial charge is 0.333 e. The predicted molar refractivity (Wildman–Crippen MR) is 72.3 cm³/mol. The number of hydrogen-bond donors (Lipinski definition) is 1. The molecule has 9 heteroatoms. The van der Waals surface area contributed by atoms with Gasteiger partial charge in [0.15, 0.2) is 5.82 Å². The van der Waals surface area contributed by atoms with Crippen molar-refractivity contribution in [2.45, 2.75) is 33.4 Å². The summed E-state index contributed by atoms with van der Waals surface area (Å²) in [6.45, 7) is 5.81. The lowest BCUT2D eigenvalue weighted by molar-refractivity contribution is -0.384. The van der Waals surface area contributed by atoms with Crippen LogP contribution in [0.3, 0.4) is 0 Å². The molecule has 0 aliphatic carbocycles. The Morgan fingerprint density at radius 3 is 2.70 bits per heavy atom. The van der Waals surface area contributed by atoms with Crippen molar-refractivity contribution >= 4 is 11.5 Å². The monoisotopic (exact) mass is 279 g/mol. The fourth-order valence-corrected chi connectivity index (χ4v) is 1.93. The van der Waals surface area contributed by atoms with E-state index in [1.165, 1.54) is 0 Å². The van der Waals surface area contributed by atoms with Gasteiger partial charge < -0.3 is 9.88 Å². The number of nitro groups is 1. The molecule has 0 aromatic carbocycles. The Bertz CT molecular complexity index is 629. The molecule has 2 aromatic rings. The minimum atomic E-state index is -0.416. The average Bonchev–Trinajstić information content (AvgIpc) is 2.90. The summed E-state index contributed by atoms with van der Waals surface area (Å²) in [4.78, 5) is 10.8. The van der Waals surface area contributed by atoms with Crippen LogP contribution >= 0.6 is 0 Å². The van der Waals surface area contributed by atoms with Crippen molar-refractivity contribution in [3.63, 3.8) is 0 Å². The van der Waals surface area contributed by atoms with Crippen LogP contribution in [0.25, 0.3) is 0 Å². The van der Waals surface area contributed by atoms with Crippen molar-refractivity contribution in [1.82, 2.24) is 24.5 Å². The molecule has 0 saturated heterocycles. The van der Waals surface area contributed by atoms with Crippen LogP contribution in [0, 0.1) is 17.0 Å². The molecular formula is C11H17N7O2. The highest BCUT2D eigenvalue weighted by molar-refractivity contribution is 5.59. The number of hydrogen-bond acceptors (Lipinski definition) is 6. The van der Waals surface area contributed by atoms with Crippen LogP contribution < -0.4 is 5.32 Å². The normalized spacial score (nSPS) is 11.1. The molecule has 0 saturated carbocycles. The molecule has 2 heterocycles. The number of rotatable bonds is 5. The van der Waals surface area contributed by atoms with Crippen molar-refractivity contribution in [3.8, 4) is 0 Å². The van der Waals surface area contributed by atoms with Crippen LogP contribution in [0.2, 0.25) is 0 Å². The van der Waals surface area contributed by atoms with E-state index in [2.05, 4.69) is 20.6 Å². The highest BCUT2D eigenvalue weighted by Crippen LogP contribution is 2.30. The van der Waals surface area contributed by atoms with E-state index < -0.39 is 4.92 Å². The van der Waals surface area contributed by atoms with Gasteiger partial charge in [0.05, 0.1) is 11.5 Å². The van der Waals surface area contributed by atoms with E-state index in [9.17, 15) is 10.1 Å². The summed E-state index contributed by atoms with van der Waals surface area (Å²) >= 11 is 0. The van der Waals surface area contributed by atoms with Crippen LogP contribution in [0.1, 0.15) is 31.4 Å². The highest BCUT2D eigenvalue weighted by atomic mass is 16.6. The van der Waals surface area contributed by atoms with E-state index in [4.69, 9.17) is 0 Å². The first-order valence-electron chi connectivity index (χ1n) is 6.22. The van der Waals surface area contributed by atoms with Gasteiger partial charge in [0.25, 0.3) is 0 Å². The van der Waals surface area contributed by atoms with Crippen molar-refractivity contribution < 1.29 is 4.92 Å². The fourth-order valence-electron chi connectivity index (χ4n) is 1.93. The molecular weight excluding hydrogens is 262 g/mol. The maximum Gasteiger partial charge on any atom is 0.333 e. The van der Waals surface area contributed by atoms with Crippen molar-refractivity contribution in [3.05, 3.63) is 28.0 Å². The standard InChI is InChI=1S/C11H17N7O2/c1-7(2)17-11(10(18(19)20)8(3)15-17)12-5-9-14-13-6-16(9)4/h6-7,12H,5H2,1-4H3. The number of aryl methyl sites for hydroxylation is 2. The Labute approximate surface area is 115 Å². The van der Waals surface area contributed by atoms with E-state index in [0.29, 0.717) is 23.9 Å². The summed E-state index contributed by atoms with van der Waals surface area (Å²) < 4.78 is 3.37. The van der Waals surface area contributed by atoms with Gasteiger partial charge in [-0.25, -0.2) is 4.68 Å². The molecule has 0 unspecified atom stereocenters.